The summed E-state index contributed by atoms with van der Waals surface area (Å²) >= 11 is 12.3. The van der Waals surface area contributed by atoms with E-state index in [0.717, 1.165) is 25.1 Å². The van der Waals surface area contributed by atoms with E-state index in [4.69, 9.17) is 23.2 Å². The first-order valence-electron chi connectivity index (χ1n) is 10.6. The monoisotopic (exact) mass is 440 g/mol. The van der Waals surface area contributed by atoms with E-state index in [1.165, 1.54) is 24.8 Å². The van der Waals surface area contributed by atoms with Gasteiger partial charge >= 0.3 is 0 Å². The number of amides is 1. The molecule has 0 spiro atoms. The van der Waals surface area contributed by atoms with E-state index >= 15 is 0 Å². The molecule has 5 heteroatoms. The van der Waals surface area contributed by atoms with Crippen molar-refractivity contribution in [3.8, 4) is 0 Å². The van der Waals surface area contributed by atoms with Gasteiger partial charge in [0.1, 0.15) is 0 Å². The highest BCUT2D eigenvalue weighted by Gasteiger charge is 2.27. The van der Waals surface area contributed by atoms with Crippen LogP contribution in [0.1, 0.15) is 53.7 Å². The maximum absolute atomic E-state index is 13.5. The molecule has 3 aromatic rings. The van der Waals surface area contributed by atoms with Gasteiger partial charge in [-0.15, -0.1) is 0 Å². The van der Waals surface area contributed by atoms with Crippen LogP contribution in [0.15, 0.2) is 66.9 Å². The van der Waals surface area contributed by atoms with Crippen molar-refractivity contribution in [1.29, 1.82) is 0 Å². The van der Waals surface area contributed by atoms with Crippen LogP contribution in [0.4, 0.5) is 0 Å². The van der Waals surface area contributed by atoms with Gasteiger partial charge in [0.2, 0.25) is 0 Å². The zero-order chi connectivity index (χ0) is 20.9. The summed E-state index contributed by atoms with van der Waals surface area (Å²) in [7, 11) is 0. The summed E-state index contributed by atoms with van der Waals surface area (Å²) < 4.78 is 2.23. The lowest BCUT2D eigenvalue weighted by Crippen LogP contribution is -2.41. The summed E-state index contributed by atoms with van der Waals surface area (Å²) in [6, 6.07) is 20.0. The lowest BCUT2D eigenvalue weighted by Gasteiger charge is -2.35. The predicted octanol–water partition coefficient (Wildman–Crippen LogP) is 6.82. The van der Waals surface area contributed by atoms with Crippen LogP contribution < -0.4 is 0 Å². The van der Waals surface area contributed by atoms with Crippen LogP contribution in [0.2, 0.25) is 10.0 Å². The minimum absolute atomic E-state index is 0.0212. The molecule has 0 radical (unpaired) electrons. The summed E-state index contributed by atoms with van der Waals surface area (Å²) in [6.07, 6.45) is 7.77. The highest BCUT2D eigenvalue weighted by Crippen LogP contribution is 2.28. The standard InChI is InChI=1S/C25H26Cl2N2O/c26-23-14-13-20(16-24(23)27)25(30)29(21-10-5-2-6-11-21)18-22-12-7-15-28(22)17-19-8-3-1-4-9-19/h1,3-4,7-9,12-16,21H,2,5-6,10-11,17-18H2. The highest BCUT2D eigenvalue weighted by atomic mass is 35.5. The Morgan fingerprint density at radius 2 is 1.70 bits per heavy atom. The predicted molar refractivity (Wildman–Crippen MR) is 123 cm³/mol. The minimum atomic E-state index is 0.0212. The van der Waals surface area contributed by atoms with Crippen molar-refractivity contribution < 1.29 is 4.79 Å². The largest absolute Gasteiger partial charge is 0.345 e. The summed E-state index contributed by atoms with van der Waals surface area (Å²) in [5, 5.41) is 0.882. The number of rotatable bonds is 6. The molecule has 0 saturated heterocycles. The zero-order valence-electron chi connectivity index (χ0n) is 16.9. The topological polar surface area (TPSA) is 25.2 Å². The summed E-state index contributed by atoms with van der Waals surface area (Å²) in [5.41, 5.74) is 2.98. The van der Waals surface area contributed by atoms with Gasteiger partial charge in [0.05, 0.1) is 16.6 Å². The summed E-state index contributed by atoms with van der Waals surface area (Å²) in [4.78, 5) is 15.6. The number of aromatic nitrogens is 1. The van der Waals surface area contributed by atoms with Gasteiger partial charge in [0.25, 0.3) is 5.91 Å². The van der Waals surface area contributed by atoms with E-state index in [1.54, 1.807) is 18.2 Å². The molecule has 0 aliphatic heterocycles. The number of benzene rings is 2. The third kappa shape index (κ3) is 4.91. The maximum Gasteiger partial charge on any atom is 0.254 e. The second kappa shape index (κ2) is 9.72. The molecular formula is C25H26Cl2N2O. The second-order valence-corrected chi connectivity index (χ2v) is 8.78. The van der Waals surface area contributed by atoms with Crippen LogP contribution in [0.25, 0.3) is 0 Å². The molecule has 1 amide bonds. The molecule has 1 saturated carbocycles. The van der Waals surface area contributed by atoms with Crippen molar-refractivity contribution >= 4 is 29.1 Å². The third-order valence-corrected chi connectivity index (χ3v) is 6.63. The number of halogens is 2. The summed E-state index contributed by atoms with van der Waals surface area (Å²) in [6.45, 7) is 1.38. The average Bonchev–Trinajstić information content (AvgIpc) is 3.21. The van der Waals surface area contributed by atoms with Crippen LogP contribution in [0.5, 0.6) is 0 Å². The van der Waals surface area contributed by atoms with Gasteiger partial charge in [-0.05, 0) is 48.7 Å². The van der Waals surface area contributed by atoms with Crippen LogP contribution >= 0.6 is 23.2 Å². The van der Waals surface area contributed by atoms with E-state index < -0.39 is 0 Å². The first-order valence-corrected chi connectivity index (χ1v) is 11.3. The number of carbonyl (C=O) groups excluding carboxylic acids is 1. The van der Waals surface area contributed by atoms with Crippen LogP contribution in [-0.2, 0) is 13.1 Å². The van der Waals surface area contributed by atoms with Gasteiger partial charge in [-0.25, -0.2) is 0 Å². The Morgan fingerprint density at radius 3 is 2.43 bits per heavy atom. The van der Waals surface area contributed by atoms with Crippen LogP contribution in [-0.4, -0.2) is 21.4 Å². The van der Waals surface area contributed by atoms with Crippen molar-refractivity contribution in [3.63, 3.8) is 0 Å². The smallest absolute Gasteiger partial charge is 0.254 e. The Bertz CT molecular complexity index is 993. The fraction of sp³-hybridized carbons (Fsp3) is 0.320. The molecule has 1 heterocycles. The number of hydrogen-bond acceptors (Lipinski definition) is 1. The molecule has 0 atom stereocenters. The minimum Gasteiger partial charge on any atom is -0.345 e. The number of hydrogen-bond donors (Lipinski definition) is 0. The highest BCUT2D eigenvalue weighted by molar-refractivity contribution is 6.42. The lowest BCUT2D eigenvalue weighted by molar-refractivity contribution is 0.0608. The van der Waals surface area contributed by atoms with Crippen LogP contribution in [0.3, 0.4) is 0 Å². The first kappa shape index (κ1) is 21.0. The number of carbonyl (C=O) groups is 1. The van der Waals surface area contributed by atoms with E-state index in [-0.39, 0.29) is 11.9 Å². The van der Waals surface area contributed by atoms with Crippen LogP contribution in [0, 0.1) is 0 Å². The molecule has 2 aromatic carbocycles. The Labute approximate surface area is 188 Å². The van der Waals surface area contributed by atoms with Gasteiger partial charge in [0.15, 0.2) is 0 Å². The first-order chi connectivity index (χ1) is 14.6. The van der Waals surface area contributed by atoms with Gasteiger partial charge in [0, 0.05) is 30.0 Å². The van der Waals surface area contributed by atoms with E-state index in [1.807, 2.05) is 11.0 Å². The molecule has 0 N–H and O–H groups in total. The molecule has 156 valence electrons. The van der Waals surface area contributed by atoms with Gasteiger partial charge < -0.3 is 9.47 Å². The SMILES string of the molecule is O=C(c1ccc(Cl)c(Cl)c1)N(Cc1cccn1Cc1ccccc1)C1CCCCC1. The van der Waals surface area contributed by atoms with Crippen molar-refractivity contribution in [3.05, 3.63) is 93.7 Å². The Morgan fingerprint density at radius 1 is 0.933 bits per heavy atom. The normalized spacial score (nSPS) is 14.6. The zero-order valence-corrected chi connectivity index (χ0v) is 18.4. The Kier molecular flexibility index (Phi) is 6.81. The van der Waals surface area contributed by atoms with Crippen molar-refractivity contribution in [2.75, 3.05) is 0 Å². The Hall–Kier alpha value is -2.23. The molecule has 1 fully saturated rings. The quantitative estimate of drug-likeness (QED) is 0.412. The van der Waals surface area contributed by atoms with Crippen molar-refractivity contribution in [1.82, 2.24) is 9.47 Å². The van der Waals surface area contributed by atoms with E-state index in [2.05, 4.69) is 47.2 Å². The Balaban J connectivity index is 1.60. The van der Waals surface area contributed by atoms with Gasteiger partial charge in [-0.3, -0.25) is 4.79 Å². The fourth-order valence-electron chi connectivity index (χ4n) is 4.26. The third-order valence-electron chi connectivity index (χ3n) is 5.89. The molecule has 1 aliphatic rings. The molecule has 1 aliphatic carbocycles. The van der Waals surface area contributed by atoms with E-state index in [9.17, 15) is 4.79 Å². The molecule has 3 nitrogen and oxygen atoms in total. The summed E-state index contributed by atoms with van der Waals surface area (Å²) in [5.74, 6) is 0.0212. The van der Waals surface area contributed by atoms with E-state index in [0.29, 0.717) is 22.2 Å². The average molecular weight is 441 g/mol. The lowest BCUT2D eigenvalue weighted by atomic mass is 9.93. The fourth-order valence-corrected chi connectivity index (χ4v) is 4.55. The molecule has 0 bridgehead atoms. The van der Waals surface area contributed by atoms with Gasteiger partial charge in [-0.1, -0.05) is 72.8 Å². The maximum atomic E-state index is 13.5. The number of nitrogens with zero attached hydrogens (tertiary/aromatic N) is 2. The molecule has 0 unspecified atom stereocenters. The van der Waals surface area contributed by atoms with Crippen molar-refractivity contribution in [2.24, 2.45) is 0 Å². The second-order valence-electron chi connectivity index (χ2n) is 7.97. The molecule has 4 rings (SSSR count). The molecular weight excluding hydrogens is 415 g/mol. The molecule has 1 aromatic heterocycles. The van der Waals surface area contributed by atoms with Crippen molar-refractivity contribution in [2.45, 2.75) is 51.2 Å². The van der Waals surface area contributed by atoms with Gasteiger partial charge in [-0.2, -0.15) is 0 Å². The molecule has 30 heavy (non-hydrogen) atoms.